The van der Waals surface area contributed by atoms with Crippen LogP contribution >= 0.6 is 0 Å². The largest absolute Gasteiger partial charge is 0.299 e. The van der Waals surface area contributed by atoms with Crippen LogP contribution in [0.5, 0.6) is 0 Å². The van der Waals surface area contributed by atoms with Gasteiger partial charge >= 0.3 is 0 Å². The van der Waals surface area contributed by atoms with E-state index < -0.39 is 0 Å². The van der Waals surface area contributed by atoms with Crippen molar-refractivity contribution in [3.05, 3.63) is 35.1 Å². The normalized spacial score (nSPS) is 33.2. The highest BCUT2D eigenvalue weighted by Gasteiger charge is 2.32. The lowest BCUT2D eigenvalue weighted by molar-refractivity contribution is -0.0328. The molecule has 1 N–H and O–H groups in total. The van der Waals surface area contributed by atoms with Gasteiger partial charge in [0.25, 0.3) is 0 Å². The molecule has 186 valence electrons. The molecule has 3 aliphatic rings. The van der Waals surface area contributed by atoms with E-state index in [0.29, 0.717) is 17.9 Å². The van der Waals surface area contributed by atoms with Gasteiger partial charge in [0.1, 0.15) is 5.82 Å². The van der Waals surface area contributed by atoms with Crippen LogP contribution in [-0.2, 0) is 4.84 Å². The maximum absolute atomic E-state index is 15.2. The van der Waals surface area contributed by atoms with E-state index >= 15 is 4.39 Å². The van der Waals surface area contributed by atoms with Crippen LogP contribution in [0.4, 0.5) is 4.39 Å². The number of hydrogen-bond donors (Lipinski definition) is 1. The molecule has 0 aliphatic heterocycles. The molecule has 3 saturated carbocycles. The monoisotopic (exact) mass is 457 g/mol. The second kappa shape index (κ2) is 12.7. The van der Waals surface area contributed by atoms with E-state index in [1.165, 1.54) is 82.6 Å². The molecule has 0 atom stereocenters. The Kier molecular flexibility index (Phi) is 9.67. The van der Waals surface area contributed by atoms with Crippen LogP contribution in [0.2, 0.25) is 0 Å². The minimum Gasteiger partial charge on any atom is -0.299 e. The molecular formula is C30H48FNO. The van der Waals surface area contributed by atoms with Gasteiger partial charge in [-0.1, -0.05) is 57.6 Å². The average Bonchev–Trinajstić information content (AvgIpc) is 2.85. The lowest BCUT2D eigenvalue weighted by atomic mass is 9.68. The summed E-state index contributed by atoms with van der Waals surface area (Å²) in [4.78, 5) is 5.54. The van der Waals surface area contributed by atoms with Crippen LogP contribution < -0.4 is 5.48 Å². The zero-order chi connectivity index (χ0) is 23.0. The first-order valence-electron chi connectivity index (χ1n) is 14.3. The fraction of sp³-hybridized carbons (Fsp3) is 0.800. The van der Waals surface area contributed by atoms with Crippen LogP contribution in [0.15, 0.2) is 18.2 Å². The van der Waals surface area contributed by atoms with E-state index in [1.807, 2.05) is 13.1 Å². The highest BCUT2D eigenvalue weighted by molar-refractivity contribution is 5.30. The molecule has 0 radical (unpaired) electrons. The predicted octanol–water partition coefficient (Wildman–Crippen LogP) is 8.66. The van der Waals surface area contributed by atoms with Crippen molar-refractivity contribution in [3.8, 4) is 0 Å². The maximum Gasteiger partial charge on any atom is 0.126 e. The molecule has 3 heteroatoms. The van der Waals surface area contributed by atoms with Crippen molar-refractivity contribution in [2.24, 2.45) is 17.8 Å². The number of hydroxylamine groups is 1. The van der Waals surface area contributed by atoms with E-state index in [2.05, 4.69) is 24.5 Å². The third-order valence-corrected chi connectivity index (χ3v) is 9.44. The SMILES string of the molecule is CCCCCC1CCC(C2CCC(c3ccc(C4CCC(ONC)CC4)cc3F)CC2)CC1. The molecule has 0 heterocycles. The summed E-state index contributed by atoms with van der Waals surface area (Å²) in [6.45, 7) is 2.31. The molecule has 4 rings (SSSR count). The summed E-state index contributed by atoms with van der Waals surface area (Å²) in [6, 6.07) is 6.23. The Labute approximate surface area is 202 Å². The first kappa shape index (κ1) is 25.2. The quantitative estimate of drug-likeness (QED) is 0.296. The van der Waals surface area contributed by atoms with E-state index in [4.69, 9.17) is 4.84 Å². The van der Waals surface area contributed by atoms with Crippen LogP contribution in [0, 0.1) is 23.6 Å². The van der Waals surface area contributed by atoms with Gasteiger partial charge in [-0.15, -0.1) is 0 Å². The zero-order valence-corrected chi connectivity index (χ0v) is 21.3. The molecule has 0 spiro atoms. The number of hydrogen-bond acceptors (Lipinski definition) is 2. The highest BCUT2D eigenvalue weighted by Crippen LogP contribution is 2.45. The molecule has 0 amide bonds. The van der Waals surface area contributed by atoms with Gasteiger partial charge in [0.15, 0.2) is 0 Å². The fourth-order valence-corrected chi connectivity index (χ4v) is 7.34. The van der Waals surface area contributed by atoms with Crippen molar-refractivity contribution in [1.82, 2.24) is 5.48 Å². The molecule has 1 aromatic rings. The van der Waals surface area contributed by atoms with Crippen LogP contribution in [0.25, 0.3) is 0 Å². The fourth-order valence-electron chi connectivity index (χ4n) is 7.34. The maximum atomic E-state index is 15.2. The number of halogens is 1. The Morgan fingerprint density at radius 3 is 2.06 bits per heavy atom. The third-order valence-electron chi connectivity index (χ3n) is 9.44. The van der Waals surface area contributed by atoms with Gasteiger partial charge in [-0.2, -0.15) is 0 Å². The van der Waals surface area contributed by atoms with Crippen LogP contribution in [-0.4, -0.2) is 13.2 Å². The van der Waals surface area contributed by atoms with Gasteiger partial charge < -0.3 is 0 Å². The number of unbranched alkanes of at least 4 members (excludes halogenated alkanes) is 2. The smallest absolute Gasteiger partial charge is 0.126 e. The van der Waals surface area contributed by atoms with Crippen LogP contribution in [0.3, 0.4) is 0 Å². The zero-order valence-electron chi connectivity index (χ0n) is 21.3. The lowest BCUT2D eigenvalue weighted by Crippen LogP contribution is -2.26. The summed E-state index contributed by atoms with van der Waals surface area (Å²) < 4.78 is 15.2. The Bertz CT molecular complexity index is 697. The highest BCUT2D eigenvalue weighted by atomic mass is 19.1. The number of benzene rings is 1. The summed E-state index contributed by atoms with van der Waals surface area (Å²) in [6.07, 6.45) is 21.1. The molecule has 33 heavy (non-hydrogen) atoms. The Balaban J connectivity index is 1.23. The molecule has 0 saturated heterocycles. The summed E-state index contributed by atoms with van der Waals surface area (Å²) in [5.41, 5.74) is 5.01. The molecule has 0 unspecified atom stereocenters. The summed E-state index contributed by atoms with van der Waals surface area (Å²) >= 11 is 0. The Morgan fingerprint density at radius 2 is 1.45 bits per heavy atom. The minimum absolute atomic E-state index is 0.0529. The van der Waals surface area contributed by atoms with E-state index in [1.54, 1.807) is 0 Å². The van der Waals surface area contributed by atoms with E-state index in [-0.39, 0.29) is 5.82 Å². The van der Waals surface area contributed by atoms with Crippen molar-refractivity contribution >= 4 is 0 Å². The number of nitrogens with one attached hydrogen (secondary N) is 1. The first-order valence-corrected chi connectivity index (χ1v) is 14.3. The van der Waals surface area contributed by atoms with E-state index in [0.717, 1.165) is 49.0 Å². The summed E-state index contributed by atoms with van der Waals surface area (Å²) in [5, 5.41) is 0. The second-order valence-corrected chi connectivity index (χ2v) is 11.5. The summed E-state index contributed by atoms with van der Waals surface area (Å²) in [5.74, 6) is 3.82. The standard InChI is InChI=1S/C30H48FNO/c1-3-4-5-6-22-7-9-23(10-8-22)24-11-13-26(14-12-24)29-20-17-27(21-30(29)31)25-15-18-28(19-16-25)33-32-2/h17,20-26,28,32H,3-16,18-19H2,1-2H3. The topological polar surface area (TPSA) is 21.3 Å². The van der Waals surface area contributed by atoms with Gasteiger partial charge in [0, 0.05) is 7.05 Å². The van der Waals surface area contributed by atoms with Gasteiger partial charge in [0.2, 0.25) is 0 Å². The van der Waals surface area contributed by atoms with Crippen molar-refractivity contribution in [2.75, 3.05) is 7.05 Å². The van der Waals surface area contributed by atoms with Gasteiger partial charge in [0.05, 0.1) is 6.10 Å². The Hall–Kier alpha value is -0.930. The van der Waals surface area contributed by atoms with Gasteiger partial charge in [-0.3, -0.25) is 4.84 Å². The molecule has 3 fully saturated rings. The molecule has 2 nitrogen and oxygen atoms in total. The second-order valence-electron chi connectivity index (χ2n) is 11.5. The third kappa shape index (κ3) is 6.82. The molecule has 3 aliphatic carbocycles. The molecular weight excluding hydrogens is 409 g/mol. The Morgan fingerprint density at radius 1 is 0.818 bits per heavy atom. The van der Waals surface area contributed by atoms with Crippen molar-refractivity contribution in [1.29, 1.82) is 0 Å². The lowest BCUT2D eigenvalue weighted by Gasteiger charge is -2.38. The molecule has 0 aromatic heterocycles. The van der Waals surface area contributed by atoms with E-state index in [9.17, 15) is 0 Å². The number of rotatable bonds is 9. The van der Waals surface area contributed by atoms with Crippen molar-refractivity contribution < 1.29 is 9.23 Å². The van der Waals surface area contributed by atoms with Gasteiger partial charge in [-0.05, 0) is 111 Å². The first-order chi connectivity index (χ1) is 16.2. The van der Waals surface area contributed by atoms with Gasteiger partial charge in [-0.25, -0.2) is 9.87 Å². The minimum atomic E-state index is 0.0529. The average molecular weight is 458 g/mol. The van der Waals surface area contributed by atoms with Crippen LogP contribution in [0.1, 0.15) is 133 Å². The molecule has 0 bridgehead atoms. The van der Waals surface area contributed by atoms with Crippen molar-refractivity contribution in [3.63, 3.8) is 0 Å². The van der Waals surface area contributed by atoms with Crippen molar-refractivity contribution in [2.45, 2.75) is 128 Å². The molecule has 1 aromatic carbocycles. The predicted molar refractivity (Wildman–Crippen MR) is 136 cm³/mol. The summed E-state index contributed by atoms with van der Waals surface area (Å²) in [7, 11) is 1.83.